The summed E-state index contributed by atoms with van der Waals surface area (Å²) in [4.78, 5) is 2.16. The molecule has 0 fully saturated rings. The number of nitrogens with zero attached hydrogens (tertiary/aromatic N) is 1. The highest BCUT2D eigenvalue weighted by Gasteiger charge is 2.08. The predicted octanol–water partition coefficient (Wildman–Crippen LogP) is 3.54. The number of rotatable bonds is 4. The molecule has 0 aliphatic heterocycles. The second-order valence-electron chi connectivity index (χ2n) is 5.32. The van der Waals surface area contributed by atoms with Crippen LogP contribution in [0.3, 0.4) is 0 Å². The average molecular weight is 272 g/mol. The minimum Gasteiger partial charge on any atom is -0.370 e. The molecular formula is C17H21FN2. The fraction of sp³-hybridized carbons (Fsp3) is 0.294. The van der Waals surface area contributed by atoms with Crippen molar-refractivity contribution in [3.63, 3.8) is 0 Å². The van der Waals surface area contributed by atoms with Crippen LogP contribution in [0.25, 0.3) is 0 Å². The first kappa shape index (κ1) is 14.5. The highest BCUT2D eigenvalue weighted by Crippen LogP contribution is 2.21. The summed E-state index contributed by atoms with van der Waals surface area (Å²) in [5, 5.41) is 0. The Kier molecular flexibility index (Phi) is 4.40. The Labute approximate surface area is 120 Å². The molecule has 2 nitrogen and oxygen atoms in total. The Balaban J connectivity index is 2.25. The van der Waals surface area contributed by atoms with Crippen LogP contribution < -0.4 is 10.6 Å². The summed E-state index contributed by atoms with van der Waals surface area (Å²) in [7, 11) is 2.04. The van der Waals surface area contributed by atoms with Gasteiger partial charge < -0.3 is 10.6 Å². The lowest BCUT2D eigenvalue weighted by atomic mass is 10.1. The van der Waals surface area contributed by atoms with Crippen molar-refractivity contribution in [2.24, 2.45) is 5.73 Å². The van der Waals surface area contributed by atoms with Crippen molar-refractivity contribution in [3.05, 3.63) is 64.5 Å². The summed E-state index contributed by atoms with van der Waals surface area (Å²) in [6.07, 6.45) is 0. The molecule has 0 bridgehead atoms. The van der Waals surface area contributed by atoms with Gasteiger partial charge in [-0.25, -0.2) is 4.39 Å². The van der Waals surface area contributed by atoms with E-state index in [9.17, 15) is 4.39 Å². The van der Waals surface area contributed by atoms with Gasteiger partial charge in [0.2, 0.25) is 0 Å². The van der Waals surface area contributed by atoms with E-state index in [-0.39, 0.29) is 5.82 Å². The van der Waals surface area contributed by atoms with Crippen LogP contribution in [-0.4, -0.2) is 7.05 Å². The van der Waals surface area contributed by atoms with Crippen LogP contribution >= 0.6 is 0 Å². The highest BCUT2D eigenvalue weighted by atomic mass is 19.1. The zero-order chi connectivity index (χ0) is 14.7. The fourth-order valence-corrected chi connectivity index (χ4v) is 2.46. The normalized spacial score (nSPS) is 10.7. The molecular weight excluding hydrogens is 251 g/mol. The molecule has 2 aromatic carbocycles. The molecule has 0 aliphatic carbocycles. The van der Waals surface area contributed by atoms with E-state index in [4.69, 9.17) is 5.73 Å². The van der Waals surface area contributed by atoms with Gasteiger partial charge in [-0.15, -0.1) is 0 Å². The van der Waals surface area contributed by atoms with Gasteiger partial charge in [0.15, 0.2) is 0 Å². The third-order valence-electron chi connectivity index (χ3n) is 3.44. The molecule has 0 atom stereocenters. The minimum atomic E-state index is -0.233. The first-order valence-electron chi connectivity index (χ1n) is 6.76. The van der Waals surface area contributed by atoms with Crippen LogP contribution in [0.1, 0.15) is 22.3 Å². The van der Waals surface area contributed by atoms with E-state index in [1.165, 1.54) is 23.3 Å². The number of aryl methyl sites for hydroxylation is 2. The molecule has 2 rings (SSSR count). The lowest BCUT2D eigenvalue weighted by Crippen LogP contribution is -2.18. The van der Waals surface area contributed by atoms with Gasteiger partial charge in [0, 0.05) is 25.8 Å². The average Bonchev–Trinajstić information content (AvgIpc) is 2.39. The van der Waals surface area contributed by atoms with E-state index in [0.29, 0.717) is 6.54 Å². The quantitative estimate of drug-likeness (QED) is 0.922. The van der Waals surface area contributed by atoms with Crippen LogP contribution in [0, 0.1) is 19.7 Å². The number of hydrogen-bond donors (Lipinski definition) is 1. The maximum Gasteiger partial charge on any atom is 0.123 e. The van der Waals surface area contributed by atoms with E-state index in [1.807, 2.05) is 13.1 Å². The van der Waals surface area contributed by atoms with Gasteiger partial charge in [-0.2, -0.15) is 0 Å². The Bertz CT molecular complexity index is 588. The predicted molar refractivity (Wildman–Crippen MR) is 82.3 cm³/mol. The number of benzene rings is 2. The second kappa shape index (κ2) is 6.06. The summed E-state index contributed by atoms with van der Waals surface area (Å²) in [6.45, 7) is 5.25. The van der Waals surface area contributed by atoms with Gasteiger partial charge in [-0.05, 0) is 60.4 Å². The third-order valence-corrected chi connectivity index (χ3v) is 3.44. The number of halogens is 1. The van der Waals surface area contributed by atoms with E-state index < -0.39 is 0 Å². The molecule has 106 valence electrons. The van der Waals surface area contributed by atoms with Crippen LogP contribution in [0.2, 0.25) is 0 Å². The zero-order valence-electron chi connectivity index (χ0n) is 12.3. The monoisotopic (exact) mass is 272 g/mol. The number of hydrogen-bond acceptors (Lipinski definition) is 2. The van der Waals surface area contributed by atoms with Crippen molar-refractivity contribution >= 4 is 5.69 Å². The summed E-state index contributed by atoms with van der Waals surface area (Å²) < 4.78 is 13.2. The second-order valence-corrected chi connectivity index (χ2v) is 5.32. The Morgan fingerprint density at radius 3 is 2.25 bits per heavy atom. The van der Waals surface area contributed by atoms with Crippen LogP contribution in [0.5, 0.6) is 0 Å². The molecule has 0 saturated heterocycles. The van der Waals surface area contributed by atoms with Crippen molar-refractivity contribution in [1.29, 1.82) is 0 Å². The maximum atomic E-state index is 13.2. The van der Waals surface area contributed by atoms with Crippen LogP contribution in [0.15, 0.2) is 36.4 Å². The SMILES string of the molecule is Cc1cc(C)cc(N(C)Cc2ccc(F)cc2CN)c1. The molecule has 2 N–H and O–H groups in total. The van der Waals surface area contributed by atoms with Gasteiger partial charge in [0.1, 0.15) is 5.82 Å². The van der Waals surface area contributed by atoms with Crippen molar-refractivity contribution in [2.45, 2.75) is 26.9 Å². The van der Waals surface area contributed by atoms with Gasteiger partial charge in [0.05, 0.1) is 0 Å². The van der Waals surface area contributed by atoms with E-state index in [1.54, 1.807) is 0 Å². The molecule has 0 heterocycles. The fourth-order valence-electron chi connectivity index (χ4n) is 2.46. The van der Waals surface area contributed by atoms with Gasteiger partial charge in [0.25, 0.3) is 0 Å². The molecule has 3 heteroatoms. The Morgan fingerprint density at radius 2 is 1.65 bits per heavy atom. The topological polar surface area (TPSA) is 29.3 Å². The standard InChI is InChI=1S/C17H21FN2/c1-12-6-13(2)8-17(7-12)20(3)11-14-4-5-16(18)9-15(14)10-19/h4-9H,10-11,19H2,1-3H3. The molecule has 0 aliphatic rings. The molecule has 0 spiro atoms. The zero-order valence-corrected chi connectivity index (χ0v) is 12.3. The first-order valence-corrected chi connectivity index (χ1v) is 6.76. The maximum absolute atomic E-state index is 13.2. The van der Waals surface area contributed by atoms with E-state index in [2.05, 4.69) is 36.9 Å². The van der Waals surface area contributed by atoms with Crippen molar-refractivity contribution in [2.75, 3.05) is 11.9 Å². The summed E-state index contributed by atoms with van der Waals surface area (Å²) in [5.74, 6) is -0.233. The lowest BCUT2D eigenvalue weighted by Gasteiger charge is -2.22. The Hall–Kier alpha value is -1.87. The van der Waals surface area contributed by atoms with E-state index >= 15 is 0 Å². The lowest BCUT2D eigenvalue weighted by molar-refractivity contribution is 0.624. The highest BCUT2D eigenvalue weighted by molar-refractivity contribution is 5.51. The van der Waals surface area contributed by atoms with Crippen molar-refractivity contribution < 1.29 is 4.39 Å². The minimum absolute atomic E-state index is 0.233. The van der Waals surface area contributed by atoms with Gasteiger partial charge in [-0.1, -0.05) is 12.1 Å². The van der Waals surface area contributed by atoms with Gasteiger partial charge in [-0.3, -0.25) is 0 Å². The molecule has 20 heavy (non-hydrogen) atoms. The molecule has 0 radical (unpaired) electrons. The number of anilines is 1. The molecule has 0 saturated carbocycles. The summed E-state index contributed by atoms with van der Waals surface area (Å²) in [6, 6.07) is 11.3. The van der Waals surface area contributed by atoms with Crippen molar-refractivity contribution in [3.8, 4) is 0 Å². The summed E-state index contributed by atoms with van der Waals surface area (Å²) >= 11 is 0. The Morgan fingerprint density at radius 1 is 1.00 bits per heavy atom. The van der Waals surface area contributed by atoms with Crippen LogP contribution in [0.4, 0.5) is 10.1 Å². The largest absolute Gasteiger partial charge is 0.370 e. The van der Waals surface area contributed by atoms with Gasteiger partial charge >= 0.3 is 0 Å². The smallest absolute Gasteiger partial charge is 0.123 e. The molecule has 0 aromatic heterocycles. The third kappa shape index (κ3) is 3.36. The molecule has 0 unspecified atom stereocenters. The number of nitrogens with two attached hydrogens (primary N) is 1. The molecule has 0 amide bonds. The molecule has 2 aromatic rings. The first-order chi connectivity index (χ1) is 9.49. The summed E-state index contributed by atoms with van der Waals surface area (Å²) in [5.41, 5.74) is 11.3. The van der Waals surface area contributed by atoms with E-state index in [0.717, 1.165) is 23.4 Å². The van der Waals surface area contributed by atoms with Crippen molar-refractivity contribution in [1.82, 2.24) is 0 Å². The van der Waals surface area contributed by atoms with Crippen LogP contribution in [-0.2, 0) is 13.1 Å².